The second-order valence-electron chi connectivity index (χ2n) is 7.64. The minimum Gasteiger partial charge on any atom is -0.504 e. The zero-order valence-corrected chi connectivity index (χ0v) is 14.6. The van der Waals surface area contributed by atoms with Crippen LogP contribution in [0.5, 0.6) is 11.5 Å². The van der Waals surface area contributed by atoms with Crippen LogP contribution in [-0.2, 0) is 16.6 Å². The van der Waals surface area contributed by atoms with Gasteiger partial charge in [-0.25, -0.2) is 0 Å². The first-order chi connectivity index (χ1) is 11.4. The third kappa shape index (κ3) is 2.05. The Labute approximate surface area is 143 Å². The van der Waals surface area contributed by atoms with Crippen LogP contribution in [0.2, 0.25) is 0 Å². The number of fused-ring (bicyclic) bond motifs is 1. The molecule has 0 radical (unpaired) electrons. The first-order valence-electron chi connectivity index (χ1n) is 8.85. The van der Waals surface area contributed by atoms with Gasteiger partial charge in [0.25, 0.3) is 0 Å². The number of hydrogen-bond acceptors (Lipinski definition) is 4. The van der Waals surface area contributed by atoms with Crippen molar-refractivity contribution in [3.8, 4) is 11.5 Å². The predicted octanol–water partition coefficient (Wildman–Crippen LogP) is 3.09. The number of carbonyl (C=O) groups is 1. The van der Waals surface area contributed by atoms with Crippen molar-refractivity contribution in [1.29, 1.82) is 0 Å². The number of aromatic hydroxyl groups is 1. The van der Waals surface area contributed by atoms with E-state index in [1.54, 1.807) is 0 Å². The number of piperidine rings is 1. The van der Waals surface area contributed by atoms with Gasteiger partial charge in [0.1, 0.15) is 0 Å². The van der Waals surface area contributed by atoms with E-state index in [-0.39, 0.29) is 17.1 Å². The van der Waals surface area contributed by atoms with Crippen molar-refractivity contribution in [2.45, 2.75) is 51.0 Å². The fourth-order valence-electron chi connectivity index (χ4n) is 5.29. The first kappa shape index (κ1) is 15.7. The summed E-state index contributed by atoms with van der Waals surface area (Å²) in [5.74, 6) is 0.544. The van der Waals surface area contributed by atoms with E-state index in [1.165, 1.54) is 12.5 Å². The number of aryl methyl sites for hydroxylation is 1. The van der Waals surface area contributed by atoms with E-state index in [0.717, 1.165) is 43.4 Å². The smallest absolute Gasteiger partial charge is 0.308 e. The molecule has 2 bridgehead atoms. The molecule has 24 heavy (non-hydrogen) atoms. The SMILES string of the molecule is CC(=O)Oc1cc(C)c2c(c1O)[C@@]13CCC=CC1C(C2)N(C)CC3. The summed E-state index contributed by atoms with van der Waals surface area (Å²) in [5.41, 5.74) is 3.40. The van der Waals surface area contributed by atoms with Gasteiger partial charge >= 0.3 is 5.97 Å². The lowest BCUT2D eigenvalue weighted by molar-refractivity contribution is -0.132. The Morgan fingerprint density at radius 2 is 2.21 bits per heavy atom. The van der Waals surface area contributed by atoms with Crippen molar-refractivity contribution in [3.63, 3.8) is 0 Å². The second kappa shape index (κ2) is 5.35. The maximum absolute atomic E-state index is 11.4. The number of carbonyl (C=O) groups excluding carboxylic acids is 1. The Morgan fingerprint density at radius 3 is 2.96 bits per heavy atom. The maximum atomic E-state index is 11.4. The molecule has 1 N–H and O–H groups in total. The number of allylic oxidation sites excluding steroid dienone is 1. The van der Waals surface area contributed by atoms with Crippen LogP contribution in [-0.4, -0.2) is 35.6 Å². The van der Waals surface area contributed by atoms with Crippen molar-refractivity contribution in [3.05, 3.63) is 34.9 Å². The second-order valence-corrected chi connectivity index (χ2v) is 7.64. The van der Waals surface area contributed by atoms with Crippen LogP contribution < -0.4 is 4.74 Å². The summed E-state index contributed by atoms with van der Waals surface area (Å²) >= 11 is 0. The fourth-order valence-corrected chi connectivity index (χ4v) is 5.29. The lowest BCUT2D eigenvalue weighted by Crippen LogP contribution is -2.59. The molecule has 1 aromatic carbocycles. The highest BCUT2D eigenvalue weighted by Gasteiger charge is 2.53. The predicted molar refractivity (Wildman–Crippen MR) is 92.4 cm³/mol. The molecule has 0 spiro atoms. The number of likely N-dealkylation sites (N-methyl/N-ethyl adjacent to an activating group) is 1. The van der Waals surface area contributed by atoms with Crippen molar-refractivity contribution < 1.29 is 14.6 Å². The molecule has 1 aromatic rings. The van der Waals surface area contributed by atoms with Gasteiger partial charge in [-0.15, -0.1) is 0 Å². The zero-order chi connectivity index (χ0) is 17.1. The minimum atomic E-state index is -0.390. The highest BCUT2D eigenvalue weighted by atomic mass is 16.5. The number of phenolic OH excluding ortho intramolecular Hbond substituents is 1. The van der Waals surface area contributed by atoms with Crippen LogP contribution in [0.25, 0.3) is 0 Å². The molecule has 4 nitrogen and oxygen atoms in total. The summed E-state index contributed by atoms with van der Waals surface area (Å²) in [6.07, 6.45) is 8.74. The summed E-state index contributed by atoms with van der Waals surface area (Å²) in [7, 11) is 2.21. The quantitative estimate of drug-likeness (QED) is 0.489. The van der Waals surface area contributed by atoms with Gasteiger partial charge in [-0.3, -0.25) is 4.79 Å². The Morgan fingerprint density at radius 1 is 1.42 bits per heavy atom. The third-order valence-corrected chi connectivity index (χ3v) is 6.39. The summed E-state index contributed by atoms with van der Waals surface area (Å²) in [6, 6.07) is 2.31. The fraction of sp³-hybridized carbons (Fsp3) is 0.550. The van der Waals surface area contributed by atoms with Crippen molar-refractivity contribution >= 4 is 5.97 Å². The van der Waals surface area contributed by atoms with E-state index in [0.29, 0.717) is 17.7 Å². The highest BCUT2D eigenvalue weighted by Crippen LogP contribution is 2.58. The highest BCUT2D eigenvalue weighted by molar-refractivity contribution is 5.72. The topological polar surface area (TPSA) is 49.8 Å². The molecule has 3 atom stereocenters. The summed E-state index contributed by atoms with van der Waals surface area (Å²) < 4.78 is 5.31. The minimum absolute atomic E-state index is 0.0233. The van der Waals surface area contributed by atoms with E-state index in [1.807, 2.05) is 6.07 Å². The number of nitrogens with zero attached hydrogens (tertiary/aromatic N) is 1. The molecule has 1 aliphatic heterocycles. The molecule has 3 aliphatic rings. The van der Waals surface area contributed by atoms with Gasteiger partial charge in [-0.05, 0) is 63.4 Å². The lowest BCUT2D eigenvalue weighted by Gasteiger charge is -2.57. The summed E-state index contributed by atoms with van der Waals surface area (Å²) in [5, 5.41) is 11.0. The van der Waals surface area contributed by atoms with E-state index >= 15 is 0 Å². The van der Waals surface area contributed by atoms with Crippen LogP contribution >= 0.6 is 0 Å². The molecule has 1 heterocycles. The molecule has 128 valence electrons. The number of hydrogen-bond donors (Lipinski definition) is 1. The van der Waals surface area contributed by atoms with Crippen molar-refractivity contribution in [2.75, 3.05) is 13.6 Å². The molecular weight excluding hydrogens is 302 g/mol. The molecule has 0 saturated carbocycles. The normalized spacial score (nSPS) is 31.3. The van der Waals surface area contributed by atoms with E-state index in [9.17, 15) is 9.90 Å². The van der Waals surface area contributed by atoms with Crippen molar-refractivity contribution in [2.24, 2.45) is 5.92 Å². The van der Waals surface area contributed by atoms with Crippen LogP contribution in [0.15, 0.2) is 18.2 Å². The van der Waals surface area contributed by atoms with E-state index in [2.05, 4.69) is 31.0 Å². The molecule has 0 amide bonds. The van der Waals surface area contributed by atoms with Crippen LogP contribution in [0.1, 0.15) is 42.9 Å². The Hall–Kier alpha value is -1.81. The molecule has 1 saturated heterocycles. The van der Waals surface area contributed by atoms with Gasteiger partial charge in [0.2, 0.25) is 0 Å². The number of ether oxygens (including phenoxy) is 1. The standard InChI is InChI=1S/C20H25NO3/c1-12-10-17(24-13(2)22)19(23)18-14(12)11-16-15-6-4-5-7-20(15,18)8-9-21(16)3/h4,6,10,15-16,23H,5,7-9,11H2,1-3H3/t15?,16?,20-/m1/s1. The molecule has 0 aromatic heterocycles. The number of likely N-dealkylation sites (tertiary alicyclic amines) is 1. The lowest BCUT2D eigenvalue weighted by atomic mass is 9.53. The van der Waals surface area contributed by atoms with Gasteiger partial charge in [0.05, 0.1) is 0 Å². The number of benzene rings is 1. The van der Waals surface area contributed by atoms with Gasteiger partial charge in [-0.2, -0.15) is 0 Å². The maximum Gasteiger partial charge on any atom is 0.308 e. The monoisotopic (exact) mass is 327 g/mol. The molecular formula is C20H25NO3. The van der Waals surface area contributed by atoms with Gasteiger partial charge in [0.15, 0.2) is 11.5 Å². The zero-order valence-electron chi connectivity index (χ0n) is 14.6. The average molecular weight is 327 g/mol. The summed E-state index contributed by atoms with van der Waals surface area (Å²) in [6.45, 7) is 4.49. The number of esters is 1. The van der Waals surface area contributed by atoms with Gasteiger partial charge in [-0.1, -0.05) is 12.2 Å². The number of rotatable bonds is 1. The molecule has 1 fully saturated rings. The van der Waals surface area contributed by atoms with Crippen LogP contribution in [0.4, 0.5) is 0 Å². The first-order valence-corrected chi connectivity index (χ1v) is 8.85. The van der Waals surface area contributed by atoms with E-state index in [4.69, 9.17) is 4.74 Å². The van der Waals surface area contributed by atoms with Crippen LogP contribution in [0.3, 0.4) is 0 Å². The summed E-state index contributed by atoms with van der Waals surface area (Å²) in [4.78, 5) is 13.9. The Balaban J connectivity index is 1.96. The largest absolute Gasteiger partial charge is 0.504 e. The average Bonchev–Trinajstić information content (AvgIpc) is 2.54. The van der Waals surface area contributed by atoms with Crippen LogP contribution in [0, 0.1) is 12.8 Å². The Kier molecular flexibility index (Phi) is 3.50. The molecule has 2 unspecified atom stereocenters. The van der Waals surface area contributed by atoms with Crippen molar-refractivity contribution in [1.82, 2.24) is 4.90 Å². The Bertz CT molecular complexity index is 739. The molecule has 2 aliphatic carbocycles. The van der Waals surface area contributed by atoms with Gasteiger partial charge < -0.3 is 14.7 Å². The van der Waals surface area contributed by atoms with E-state index < -0.39 is 0 Å². The molecule has 4 heteroatoms. The third-order valence-electron chi connectivity index (χ3n) is 6.39. The molecule has 4 rings (SSSR count). The van der Waals surface area contributed by atoms with Gasteiger partial charge in [0, 0.05) is 29.9 Å². The number of phenols is 1.